The first-order valence-electron chi connectivity index (χ1n) is 9.00. The van der Waals surface area contributed by atoms with Crippen LogP contribution in [0.3, 0.4) is 0 Å². The SMILES string of the molecule is Cc1ccc(S(=O)(=O)N2CCN(C(=O)Nn3cnc4ccccc43)CC2)cc1. The average Bonchev–Trinajstić information content (AvgIpc) is 3.11. The van der Waals surface area contributed by atoms with Crippen LogP contribution in [0, 0.1) is 6.92 Å². The minimum atomic E-state index is -3.55. The van der Waals surface area contributed by atoms with Crippen molar-refractivity contribution in [1.82, 2.24) is 18.9 Å². The van der Waals surface area contributed by atoms with E-state index in [0.717, 1.165) is 16.6 Å². The number of nitrogens with one attached hydrogen (secondary N) is 1. The van der Waals surface area contributed by atoms with Gasteiger partial charge in [-0.25, -0.2) is 28.3 Å². The molecule has 0 unspecified atom stereocenters. The number of sulfonamides is 1. The summed E-state index contributed by atoms with van der Waals surface area (Å²) in [6.45, 7) is 3.08. The smallest absolute Gasteiger partial charge is 0.321 e. The molecule has 3 aromatic rings. The van der Waals surface area contributed by atoms with Crippen LogP contribution in [0.15, 0.2) is 59.8 Å². The number of fused-ring (bicyclic) bond motifs is 1. The number of amides is 2. The maximum Gasteiger partial charge on any atom is 0.336 e. The zero-order valence-corrected chi connectivity index (χ0v) is 16.3. The summed E-state index contributed by atoms with van der Waals surface area (Å²) in [5.74, 6) is 0. The Morgan fingerprint density at radius 3 is 2.39 bits per heavy atom. The molecular formula is C19H21N5O3S. The number of benzene rings is 2. The Morgan fingerprint density at radius 1 is 1.00 bits per heavy atom. The highest BCUT2D eigenvalue weighted by atomic mass is 32.2. The standard InChI is InChI=1S/C19H21N5O3S/c1-15-6-8-16(9-7-15)28(26,27)23-12-10-22(11-13-23)19(25)21-24-14-20-17-4-2-3-5-18(17)24/h2-9,14H,10-13H2,1H3,(H,21,25). The molecule has 1 aliphatic heterocycles. The van der Waals surface area contributed by atoms with Gasteiger partial charge in [0.05, 0.1) is 15.9 Å². The summed E-state index contributed by atoms with van der Waals surface area (Å²) in [6.07, 6.45) is 1.56. The van der Waals surface area contributed by atoms with Crippen molar-refractivity contribution >= 4 is 27.1 Å². The van der Waals surface area contributed by atoms with Crippen LogP contribution in [0.2, 0.25) is 0 Å². The Bertz CT molecular complexity index is 1100. The van der Waals surface area contributed by atoms with Crippen LogP contribution >= 0.6 is 0 Å². The highest BCUT2D eigenvalue weighted by Crippen LogP contribution is 2.18. The number of carbonyl (C=O) groups is 1. The normalized spacial score (nSPS) is 15.7. The van der Waals surface area contributed by atoms with Gasteiger partial charge in [-0.05, 0) is 31.2 Å². The molecule has 146 valence electrons. The Labute approximate surface area is 163 Å². The predicted molar refractivity (Wildman–Crippen MR) is 106 cm³/mol. The maximum atomic E-state index is 12.8. The summed E-state index contributed by atoms with van der Waals surface area (Å²) in [5, 5.41) is 0. The average molecular weight is 399 g/mol. The molecule has 0 atom stereocenters. The molecule has 0 spiro atoms. The fraction of sp³-hybridized carbons (Fsp3) is 0.263. The molecule has 1 saturated heterocycles. The number of hydrogen-bond donors (Lipinski definition) is 1. The number of rotatable bonds is 3. The molecule has 0 radical (unpaired) electrons. The molecule has 0 bridgehead atoms. The van der Waals surface area contributed by atoms with E-state index in [4.69, 9.17) is 0 Å². The lowest BCUT2D eigenvalue weighted by Gasteiger charge is -2.34. The highest BCUT2D eigenvalue weighted by Gasteiger charge is 2.30. The van der Waals surface area contributed by atoms with Crippen molar-refractivity contribution in [3.05, 3.63) is 60.4 Å². The highest BCUT2D eigenvalue weighted by molar-refractivity contribution is 7.89. The van der Waals surface area contributed by atoms with E-state index in [-0.39, 0.29) is 24.0 Å². The summed E-state index contributed by atoms with van der Waals surface area (Å²) >= 11 is 0. The predicted octanol–water partition coefficient (Wildman–Crippen LogP) is 2.01. The van der Waals surface area contributed by atoms with E-state index in [1.807, 2.05) is 31.2 Å². The number of hydrogen-bond acceptors (Lipinski definition) is 4. The van der Waals surface area contributed by atoms with E-state index in [2.05, 4.69) is 10.4 Å². The summed E-state index contributed by atoms with van der Waals surface area (Å²) in [7, 11) is -3.55. The number of piperazine rings is 1. The number of nitrogens with zero attached hydrogens (tertiary/aromatic N) is 4. The fourth-order valence-corrected chi connectivity index (χ4v) is 4.64. The van der Waals surface area contributed by atoms with Gasteiger partial charge in [0.15, 0.2) is 0 Å². The third-order valence-electron chi connectivity index (χ3n) is 4.85. The Morgan fingerprint density at radius 2 is 1.68 bits per heavy atom. The van der Waals surface area contributed by atoms with Crippen molar-refractivity contribution in [3.8, 4) is 0 Å². The van der Waals surface area contributed by atoms with Gasteiger partial charge >= 0.3 is 6.03 Å². The van der Waals surface area contributed by atoms with E-state index in [1.54, 1.807) is 40.2 Å². The lowest BCUT2D eigenvalue weighted by atomic mass is 10.2. The molecular weight excluding hydrogens is 378 g/mol. The van der Waals surface area contributed by atoms with Crippen LogP contribution in [0.4, 0.5) is 4.79 Å². The molecule has 2 aromatic carbocycles. The van der Waals surface area contributed by atoms with E-state index >= 15 is 0 Å². The van der Waals surface area contributed by atoms with E-state index < -0.39 is 10.0 Å². The van der Waals surface area contributed by atoms with Crippen molar-refractivity contribution in [1.29, 1.82) is 0 Å². The van der Waals surface area contributed by atoms with Crippen LogP contribution in [0.1, 0.15) is 5.56 Å². The van der Waals surface area contributed by atoms with Crippen LogP contribution in [-0.4, -0.2) is 59.5 Å². The largest absolute Gasteiger partial charge is 0.336 e. The van der Waals surface area contributed by atoms with Gasteiger partial charge in [-0.3, -0.25) is 0 Å². The second-order valence-electron chi connectivity index (χ2n) is 6.72. The molecule has 1 fully saturated rings. The van der Waals surface area contributed by atoms with Gasteiger partial charge in [-0.15, -0.1) is 0 Å². The minimum absolute atomic E-state index is 0.258. The van der Waals surface area contributed by atoms with Gasteiger partial charge in [-0.1, -0.05) is 29.8 Å². The summed E-state index contributed by atoms with van der Waals surface area (Å²) in [5.41, 5.74) is 5.40. The number of carbonyl (C=O) groups excluding carboxylic acids is 1. The first kappa shape index (κ1) is 18.5. The van der Waals surface area contributed by atoms with Crippen LogP contribution < -0.4 is 5.43 Å². The van der Waals surface area contributed by atoms with Crippen LogP contribution in [0.5, 0.6) is 0 Å². The number of urea groups is 1. The second kappa shape index (κ2) is 7.25. The van der Waals surface area contributed by atoms with E-state index in [9.17, 15) is 13.2 Å². The maximum absolute atomic E-state index is 12.8. The quantitative estimate of drug-likeness (QED) is 0.730. The molecule has 2 amide bonds. The topological polar surface area (TPSA) is 87.5 Å². The molecule has 28 heavy (non-hydrogen) atoms. The van der Waals surface area contributed by atoms with Crippen LogP contribution in [-0.2, 0) is 10.0 Å². The number of aryl methyl sites for hydroxylation is 1. The summed E-state index contributed by atoms with van der Waals surface area (Å²) in [6, 6.07) is 14.0. The number of aromatic nitrogens is 2. The van der Waals surface area contributed by atoms with Gasteiger partial charge in [0.1, 0.15) is 6.33 Å². The molecule has 1 N–H and O–H groups in total. The van der Waals surface area contributed by atoms with E-state index in [1.165, 1.54) is 4.31 Å². The molecule has 8 nitrogen and oxygen atoms in total. The first-order valence-corrected chi connectivity index (χ1v) is 10.4. The zero-order valence-electron chi connectivity index (χ0n) is 15.4. The Balaban J connectivity index is 1.41. The molecule has 4 rings (SSSR count). The van der Waals surface area contributed by atoms with Gasteiger partial charge in [-0.2, -0.15) is 4.31 Å². The van der Waals surface area contributed by atoms with Gasteiger partial charge in [0.2, 0.25) is 10.0 Å². The number of imidazole rings is 1. The second-order valence-corrected chi connectivity index (χ2v) is 8.66. The van der Waals surface area contributed by atoms with Crippen molar-refractivity contribution in [2.45, 2.75) is 11.8 Å². The first-order chi connectivity index (χ1) is 13.4. The minimum Gasteiger partial charge on any atom is -0.321 e. The third kappa shape index (κ3) is 3.46. The van der Waals surface area contributed by atoms with Gasteiger partial charge < -0.3 is 4.90 Å². The molecule has 9 heteroatoms. The monoisotopic (exact) mass is 399 g/mol. The van der Waals surface area contributed by atoms with Crippen molar-refractivity contribution < 1.29 is 13.2 Å². The Kier molecular flexibility index (Phi) is 4.78. The van der Waals surface area contributed by atoms with Crippen LogP contribution in [0.25, 0.3) is 11.0 Å². The van der Waals surface area contributed by atoms with E-state index in [0.29, 0.717) is 13.1 Å². The molecule has 1 aromatic heterocycles. The summed E-state index contributed by atoms with van der Waals surface area (Å²) in [4.78, 5) is 18.7. The zero-order chi connectivity index (χ0) is 19.7. The van der Waals surface area contributed by atoms with Crippen molar-refractivity contribution in [2.75, 3.05) is 31.6 Å². The van der Waals surface area contributed by atoms with Crippen molar-refractivity contribution in [2.24, 2.45) is 0 Å². The lowest BCUT2D eigenvalue weighted by Crippen LogP contribution is -2.52. The molecule has 0 aliphatic carbocycles. The van der Waals surface area contributed by atoms with Gasteiger partial charge in [0.25, 0.3) is 0 Å². The van der Waals surface area contributed by atoms with Crippen molar-refractivity contribution in [3.63, 3.8) is 0 Å². The third-order valence-corrected chi connectivity index (χ3v) is 6.77. The molecule has 0 saturated carbocycles. The lowest BCUT2D eigenvalue weighted by molar-refractivity contribution is 0.182. The Hall–Kier alpha value is -2.91. The van der Waals surface area contributed by atoms with Gasteiger partial charge in [0, 0.05) is 26.2 Å². The fourth-order valence-electron chi connectivity index (χ4n) is 3.21. The number of para-hydroxylation sites is 2. The summed E-state index contributed by atoms with van der Waals surface area (Å²) < 4.78 is 28.5. The molecule has 1 aliphatic rings. The molecule has 2 heterocycles.